The number of benzene rings is 3. The van der Waals surface area contributed by atoms with Crippen LogP contribution in [0, 0.1) is 11.3 Å². The molecule has 3 N–H and O–H groups in total. The van der Waals surface area contributed by atoms with Gasteiger partial charge in [-0.1, -0.05) is 49.2 Å². The van der Waals surface area contributed by atoms with E-state index in [0.29, 0.717) is 24.2 Å². The average Bonchev–Trinajstić information content (AvgIpc) is 3.02. The number of aliphatic carboxylic acids is 1. The molecule has 0 radical (unpaired) electrons. The maximum atomic E-state index is 13.2. The molecule has 3 aromatic carbocycles. The number of nitrogens with one attached hydrogen (secondary N) is 2. The van der Waals surface area contributed by atoms with E-state index < -0.39 is 66.3 Å². The lowest BCUT2D eigenvalue weighted by Crippen LogP contribution is -2.53. The fourth-order valence-electron chi connectivity index (χ4n) is 6.06. The topological polar surface area (TPSA) is 106 Å². The maximum absolute atomic E-state index is 13.2. The Kier molecular flexibility index (Phi) is 11.6. The molecule has 2 amide bonds. The molecule has 0 aliphatic heterocycles. The second-order valence-electron chi connectivity index (χ2n) is 12.3. The van der Waals surface area contributed by atoms with Crippen molar-refractivity contribution < 1.29 is 68.4 Å². The number of hydrogen-bond acceptors (Lipinski definition) is 5. The molecule has 51 heavy (non-hydrogen) atoms. The Morgan fingerprint density at radius 3 is 1.84 bits per heavy atom. The SMILES string of the molecule is CC1(C(=O)O)CCCCC1COc1ccc(CC(NC(=O)NCC(F)(F)F)(c2cccc(OC(F)(F)F)c2)c2cccc(OC(F)(F)F)c2)cc1. The molecule has 0 aromatic heterocycles. The van der Waals surface area contributed by atoms with Crippen LogP contribution in [0.4, 0.5) is 44.3 Å². The molecule has 1 fully saturated rings. The highest BCUT2D eigenvalue weighted by Crippen LogP contribution is 2.42. The molecule has 0 heterocycles. The Morgan fingerprint density at radius 1 is 0.804 bits per heavy atom. The van der Waals surface area contributed by atoms with Crippen molar-refractivity contribution in [3.8, 4) is 17.2 Å². The second kappa shape index (κ2) is 15.2. The van der Waals surface area contributed by atoms with Gasteiger partial charge in [-0.15, -0.1) is 26.3 Å². The third-order valence-corrected chi connectivity index (χ3v) is 8.63. The molecular formula is C34H33F9N2O6. The van der Waals surface area contributed by atoms with Gasteiger partial charge in [-0.2, -0.15) is 13.2 Å². The number of halogens is 9. The Hall–Kier alpha value is -4.83. The van der Waals surface area contributed by atoms with Gasteiger partial charge in [0.2, 0.25) is 0 Å². The van der Waals surface area contributed by atoms with Crippen molar-refractivity contribution in [2.75, 3.05) is 13.2 Å². The van der Waals surface area contributed by atoms with Crippen LogP contribution in [0.25, 0.3) is 0 Å². The van der Waals surface area contributed by atoms with E-state index >= 15 is 0 Å². The molecule has 0 saturated heterocycles. The zero-order chi connectivity index (χ0) is 37.7. The molecule has 1 aliphatic carbocycles. The molecule has 1 saturated carbocycles. The highest BCUT2D eigenvalue weighted by Gasteiger charge is 2.44. The van der Waals surface area contributed by atoms with Gasteiger partial charge in [0.25, 0.3) is 0 Å². The van der Waals surface area contributed by atoms with Crippen LogP contribution in [0.2, 0.25) is 0 Å². The third kappa shape index (κ3) is 10.8. The lowest BCUT2D eigenvalue weighted by atomic mass is 9.68. The van der Waals surface area contributed by atoms with Gasteiger partial charge in [-0.05, 0) is 72.9 Å². The van der Waals surface area contributed by atoms with Crippen molar-refractivity contribution in [2.24, 2.45) is 11.3 Å². The van der Waals surface area contributed by atoms with E-state index in [1.165, 1.54) is 36.4 Å². The molecule has 3 aromatic rings. The number of urea groups is 1. The summed E-state index contributed by atoms with van der Waals surface area (Å²) in [4.78, 5) is 25.0. The minimum atomic E-state index is -5.17. The first-order valence-corrected chi connectivity index (χ1v) is 15.5. The summed E-state index contributed by atoms with van der Waals surface area (Å²) in [6, 6.07) is 12.6. The lowest BCUT2D eigenvalue weighted by Gasteiger charge is -2.37. The maximum Gasteiger partial charge on any atom is 0.573 e. The van der Waals surface area contributed by atoms with Crippen LogP contribution in [0.15, 0.2) is 72.8 Å². The van der Waals surface area contributed by atoms with E-state index in [4.69, 9.17) is 4.74 Å². The smallest absolute Gasteiger partial charge is 0.493 e. The summed E-state index contributed by atoms with van der Waals surface area (Å²) in [5, 5.41) is 13.8. The van der Waals surface area contributed by atoms with Gasteiger partial charge in [0.05, 0.1) is 17.6 Å². The first kappa shape index (κ1) is 39.0. The molecule has 0 spiro atoms. The monoisotopic (exact) mass is 736 g/mol. The van der Waals surface area contributed by atoms with Crippen molar-refractivity contribution in [1.29, 1.82) is 0 Å². The van der Waals surface area contributed by atoms with Crippen LogP contribution in [0.1, 0.15) is 49.3 Å². The molecule has 2 unspecified atom stereocenters. The van der Waals surface area contributed by atoms with Crippen molar-refractivity contribution in [3.63, 3.8) is 0 Å². The van der Waals surface area contributed by atoms with Crippen LogP contribution in [0.3, 0.4) is 0 Å². The van der Waals surface area contributed by atoms with E-state index in [9.17, 15) is 54.2 Å². The number of rotatable bonds is 12. The number of carbonyl (C=O) groups is 2. The quantitative estimate of drug-likeness (QED) is 0.161. The first-order chi connectivity index (χ1) is 23.7. The van der Waals surface area contributed by atoms with E-state index in [-0.39, 0.29) is 23.7 Å². The van der Waals surface area contributed by atoms with Gasteiger partial charge in [-0.25, -0.2) is 4.79 Å². The van der Waals surface area contributed by atoms with Gasteiger partial charge in [0.15, 0.2) is 0 Å². The fourth-order valence-corrected chi connectivity index (χ4v) is 6.06. The highest BCUT2D eigenvalue weighted by atomic mass is 19.4. The zero-order valence-corrected chi connectivity index (χ0v) is 26.8. The number of alkyl halides is 9. The van der Waals surface area contributed by atoms with Crippen molar-refractivity contribution in [3.05, 3.63) is 89.5 Å². The summed E-state index contributed by atoms with van der Waals surface area (Å²) in [6.07, 6.45) is -13.0. The minimum Gasteiger partial charge on any atom is -0.493 e. The van der Waals surface area contributed by atoms with Gasteiger partial charge in [0, 0.05) is 12.3 Å². The highest BCUT2D eigenvalue weighted by molar-refractivity contribution is 5.76. The first-order valence-electron chi connectivity index (χ1n) is 15.5. The van der Waals surface area contributed by atoms with Crippen LogP contribution in [-0.4, -0.2) is 49.2 Å². The number of ether oxygens (including phenoxy) is 3. The Bertz CT molecular complexity index is 1600. The normalized spacial score (nSPS) is 18.4. The standard InChI is InChI=1S/C34H33F9N2O6/c1-30(28(46)47)15-3-2-6-24(30)19-49-25-13-11-21(12-14-25)18-31(45-29(48)44-20-32(35,36)37,22-7-4-9-26(16-22)50-33(38,39)40)23-8-5-10-27(17-23)51-34(41,42)43/h4-5,7-14,16-17,24H,2-3,6,15,18-20H2,1H3,(H,46,47)(H2,44,45,48). The lowest BCUT2D eigenvalue weighted by molar-refractivity contribution is -0.275. The fraction of sp³-hybridized carbons (Fsp3) is 0.412. The van der Waals surface area contributed by atoms with E-state index in [2.05, 4.69) is 14.8 Å². The molecule has 8 nitrogen and oxygen atoms in total. The molecule has 278 valence electrons. The molecule has 17 heteroatoms. The second-order valence-corrected chi connectivity index (χ2v) is 12.3. The van der Waals surface area contributed by atoms with E-state index in [1.807, 2.05) is 0 Å². The average molecular weight is 737 g/mol. The number of carbonyl (C=O) groups excluding carboxylic acids is 1. The third-order valence-electron chi connectivity index (χ3n) is 8.63. The van der Waals surface area contributed by atoms with Gasteiger partial charge < -0.3 is 30.0 Å². The Labute approximate surface area is 285 Å². The summed E-state index contributed by atoms with van der Waals surface area (Å²) in [6.45, 7) is -0.0745. The van der Waals surface area contributed by atoms with Crippen LogP contribution < -0.4 is 24.8 Å². The van der Waals surface area contributed by atoms with Gasteiger partial charge in [-0.3, -0.25) is 4.79 Å². The van der Waals surface area contributed by atoms with Crippen molar-refractivity contribution >= 4 is 12.0 Å². The minimum absolute atomic E-state index is 0.0744. The number of carboxylic acid groups (broad SMARTS) is 1. The Balaban J connectivity index is 1.77. The molecule has 2 atom stereocenters. The zero-order valence-electron chi connectivity index (χ0n) is 26.8. The van der Waals surface area contributed by atoms with Gasteiger partial charge >= 0.3 is 30.9 Å². The molecule has 0 bridgehead atoms. The van der Waals surface area contributed by atoms with Gasteiger partial charge in [0.1, 0.15) is 23.8 Å². The summed E-state index contributed by atoms with van der Waals surface area (Å²) in [5.74, 6) is -2.51. The van der Waals surface area contributed by atoms with Crippen LogP contribution in [-0.2, 0) is 16.8 Å². The number of amides is 2. The van der Waals surface area contributed by atoms with E-state index in [1.54, 1.807) is 12.2 Å². The van der Waals surface area contributed by atoms with Crippen molar-refractivity contribution in [1.82, 2.24) is 10.6 Å². The summed E-state index contributed by atoms with van der Waals surface area (Å²) in [7, 11) is 0. The number of carboxylic acids is 1. The predicted octanol–water partition coefficient (Wildman–Crippen LogP) is 8.49. The largest absolute Gasteiger partial charge is 0.573 e. The van der Waals surface area contributed by atoms with Crippen LogP contribution >= 0.6 is 0 Å². The Morgan fingerprint density at radius 2 is 1.35 bits per heavy atom. The summed E-state index contributed by atoms with van der Waals surface area (Å²) in [5.41, 5.74) is -3.25. The summed E-state index contributed by atoms with van der Waals surface area (Å²) >= 11 is 0. The summed E-state index contributed by atoms with van der Waals surface area (Å²) < 4.78 is 132. The van der Waals surface area contributed by atoms with Crippen molar-refractivity contribution in [2.45, 2.75) is 63.5 Å². The molecular weight excluding hydrogens is 703 g/mol. The van der Waals surface area contributed by atoms with E-state index in [0.717, 1.165) is 49.2 Å². The molecule has 4 rings (SSSR count). The number of hydrogen-bond donors (Lipinski definition) is 3. The molecule has 1 aliphatic rings. The predicted molar refractivity (Wildman–Crippen MR) is 163 cm³/mol. The van der Waals surface area contributed by atoms with Crippen LogP contribution in [0.5, 0.6) is 17.2 Å².